The number of thioether (sulfide) groups is 1. The molecule has 2 aromatic rings. The minimum absolute atomic E-state index is 0.0241. The Morgan fingerprint density at radius 3 is 2.35 bits per heavy atom. The minimum atomic E-state index is -0.136. The first-order valence-corrected chi connectivity index (χ1v) is 13.4. The molecule has 1 atom stereocenters. The monoisotopic (exact) mass is 481 g/mol. The highest BCUT2D eigenvalue weighted by Gasteiger charge is 2.51. The van der Waals surface area contributed by atoms with Gasteiger partial charge in [0, 0.05) is 17.0 Å². The van der Waals surface area contributed by atoms with Crippen LogP contribution in [0.5, 0.6) is 0 Å². The summed E-state index contributed by atoms with van der Waals surface area (Å²) in [4.78, 5) is 28.8. The van der Waals surface area contributed by atoms with Crippen molar-refractivity contribution in [3.63, 3.8) is 0 Å². The molecule has 7 heteroatoms. The molecule has 6 nitrogen and oxygen atoms in total. The lowest BCUT2D eigenvalue weighted by Gasteiger charge is -2.56. The standard InChI is InChI=1S/C27H35N3O3S/c1-30(2)22(23-7-5-9-33-23)16-28-26(32)21-6-3-4-8-24(21)34-17-25(31)29-27-13-18-10-19(14-27)12-20(11-18)15-27/h3-9,18-20,22H,10-17H2,1-2H3,(H,28,32)(H,29,31)/t18?,19?,20?,22-,27?/m0/s1. The molecule has 1 aromatic carbocycles. The van der Waals surface area contributed by atoms with Gasteiger partial charge in [-0.1, -0.05) is 12.1 Å². The van der Waals surface area contributed by atoms with Crippen molar-refractivity contribution < 1.29 is 14.0 Å². The van der Waals surface area contributed by atoms with Crippen LogP contribution in [0.15, 0.2) is 52.0 Å². The number of carbonyl (C=O) groups excluding carboxylic acids is 2. The van der Waals surface area contributed by atoms with Gasteiger partial charge in [-0.25, -0.2) is 0 Å². The third-order valence-corrected chi connectivity index (χ3v) is 8.96. The van der Waals surface area contributed by atoms with Crippen LogP contribution in [0.1, 0.15) is 60.7 Å². The van der Waals surface area contributed by atoms with E-state index in [4.69, 9.17) is 4.42 Å². The lowest BCUT2D eigenvalue weighted by Crippen LogP contribution is -2.60. The Labute approximate surface area is 206 Å². The summed E-state index contributed by atoms with van der Waals surface area (Å²) in [5.74, 6) is 3.51. The molecular weight excluding hydrogens is 446 g/mol. The van der Waals surface area contributed by atoms with E-state index in [1.807, 2.05) is 55.4 Å². The summed E-state index contributed by atoms with van der Waals surface area (Å²) >= 11 is 1.45. The van der Waals surface area contributed by atoms with Crippen LogP contribution in [0.3, 0.4) is 0 Å². The van der Waals surface area contributed by atoms with Crippen LogP contribution in [0.25, 0.3) is 0 Å². The number of nitrogens with zero attached hydrogens (tertiary/aromatic N) is 1. The molecule has 4 aliphatic carbocycles. The van der Waals surface area contributed by atoms with E-state index in [9.17, 15) is 9.59 Å². The molecule has 4 fully saturated rings. The first-order chi connectivity index (χ1) is 16.4. The van der Waals surface area contributed by atoms with Gasteiger partial charge in [-0.05, 0) is 94.6 Å². The number of furan rings is 1. The van der Waals surface area contributed by atoms with Crippen molar-refractivity contribution >= 4 is 23.6 Å². The molecule has 0 aliphatic heterocycles. The number of nitrogens with one attached hydrogen (secondary N) is 2. The molecule has 2 amide bonds. The molecule has 0 radical (unpaired) electrons. The number of carbonyl (C=O) groups is 2. The predicted octanol–water partition coefficient (Wildman–Crippen LogP) is 4.49. The fraction of sp³-hybridized carbons (Fsp3) is 0.556. The van der Waals surface area contributed by atoms with Gasteiger partial charge in [-0.3, -0.25) is 14.5 Å². The first-order valence-electron chi connectivity index (χ1n) is 12.4. The van der Waals surface area contributed by atoms with Crippen molar-refractivity contribution in [3.05, 3.63) is 54.0 Å². The van der Waals surface area contributed by atoms with E-state index in [0.29, 0.717) is 17.9 Å². The van der Waals surface area contributed by atoms with Crippen molar-refractivity contribution in [1.82, 2.24) is 15.5 Å². The van der Waals surface area contributed by atoms with Crippen molar-refractivity contribution in [2.24, 2.45) is 17.8 Å². The average molecular weight is 482 g/mol. The third-order valence-electron chi connectivity index (χ3n) is 7.88. The summed E-state index contributed by atoms with van der Waals surface area (Å²) in [6.45, 7) is 0.435. The summed E-state index contributed by atoms with van der Waals surface area (Å²) < 4.78 is 5.54. The Morgan fingerprint density at radius 2 is 1.74 bits per heavy atom. The van der Waals surface area contributed by atoms with E-state index in [1.54, 1.807) is 6.26 Å². The van der Waals surface area contributed by atoms with Crippen LogP contribution in [0.4, 0.5) is 0 Å². The SMILES string of the molecule is CN(C)[C@@H](CNC(=O)c1ccccc1SCC(=O)NC12CC3CC(CC(C3)C1)C2)c1ccco1. The zero-order valence-corrected chi connectivity index (χ0v) is 20.9. The molecule has 2 N–H and O–H groups in total. The van der Waals surface area contributed by atoms with E-state index in [0.717, 1.165) is 47.7 Å². The highest BCUT2D eigenvalue weighted by molar-refractivity contribution is 8.00. The topological polar surface area (TPSA) is 74.6 Å². The van der Waals surface area contributed by atoms with Crippen LogP contribution in [-0.4, -0.2) is 48.6 Å². The molecule has 0 saturated heterocycles. The van der Waals surface area contributed by atoms with Crippen LogP contribution in [-0.2, 0) is 4.79 Å². The van der Waals surface area contributed by atoms with Gasteiger partial charge in [-0.2, -0.15) is 0 Å². The van der Waals surface area contributed by atoms with Gasteiger partial charge < -0.3 is 15.1 Å². The Bertz CT molecular complexity index is 985. The smallest absolute Gasteiger partial charge is 0.252 e. The second-order valence-corrected chi connectivity index (χ2v) is 11.8. The quantitative estimate of drug-likeness (QED) is 0.516. The first kappa shape index (κ1) is 23.5. The zero-order valence-electron chi connectivity index (χ0n) is 20.1. The summed E-state index contributed by atoms with van der Waals surface area (Å²) in [7, 11) is 3.93. The lowest BCUT2D eigenvalue weighted by molar-refractivity contribution is -0.124. The van der Waals surface area contributed by atoms with Crippen LogP contribution >= 0.6 is 11.8 Å². The number of likely N-dealkylation sites (N-methyl/N-ethyl adjacent to an activating group) is 1. The highest BCUT2D eigenvalue weighted by atomic mass is 32.2. The van der Waals surface area contributed by atoms with Crippen LogP contribution in [0.2, 0.25) is 0 Å². The fourth-order valence-electron chi connectivity index (χ4n) is 6.82. The Hall–Kier alpha value is -2.25. The molecule has 0 spiro atoms. The van der Waals surface area contributed by atoms with Crippen molar-refractivity contribution in [3.8, 4) is 0 Å². The normalized spacial score (nSPS) is 28.1. The third kappa shape index (κ3) is 5.05. The molecule has 1 heterocycles. The van der Waals surface area contributed by atoms with Gasteiger partial charge in [0.1, 0.15) is 5.76 Å². The predicted molar refractivity (Wildman–Crippen MR) is 134 cm³/mol. The Balaban J connectivity index is 1.18. The Morgan fingerprint density at radius 1 is 1.06 bits per heavy atom. The highest BCUT2D eigenvalue weighted by Crippen LogP contribution is 2.55. The van der Waals surface area contributed by atoms with Gasteiger partial charge in [0.25, 0.3) is 5.91 Å². The number of hydrogen-bond acceptors (Lipinski definition) is 5. The van der Waals surface area contributed by atoms with Gasteiger partial charge >= 0.3 is 0 Å². The van der Waals surface area contributed by atoms with Crippen molar-refractivity contribution in [1.29, 1.82) is 0 Å². The molecule has 182 valence electrons. The molecule has 4 aliphatic rings. The van der Waals surface area contributed by atoms with Gasteiger partial charge in [0.2, 0.25) is 5.91 Å². The molecule has 4 saturated carbocycles. The number of amides is 2. The van der Waals surface area contributed by atoms with E-state index >= 15 is 0 Å². The number of hydrogen-bond donors (Lipinski definition) is 2. The number of rotatable bonds is 9. The second-order valence-electron chi connectivity index (χ2n) is 10.7. The molecule has 34 heavy (non-hydrogen) atoms. The van der Waals surface area contributed by atoms with Crippen LogP contribution < -0.4 is 10.6 Å². The average Bonchev–Trinajstić information content (AvgIpc) is 3.31. The molecule has 4 bridgehead atoms. The van der Waals surface area contributed by atoms with E-state index < -0.39 is 0 Å². The maximum atomic E-state index is 13.0. The molecule has 1 aromatic heterocycles. The van der Waals surface area contributed by atoms with Gasteiger partial charge in [0.15, 0.2) is 0 Å². The summed E-state index contributed by atoms with van der Waals surface area (Å²) in [5, 5.41) is 6.48. The largest absolute Gasteiger partial charge is 0.468 e. The summed E-state index contributed by atoms with van der Waals surface area (Å²) in [6.07, 6.45) is 9.18. The minimum Gasteiger partial charge on any atom is -0.468 e. The lowest BCUT2D eigenvalue weighted by atomic mass is 9.53. The number of benzene rings is 1. The second kappa shape index (κ2) is 9.78. The fourth-order valence-corrected chi connectivity index (χ4v) is 7.67. The van der Waals surface area contributed by atoms with Crippen molar-refractivity contribution in [2.75, 3.05) is 26.4 Å². The van der Waals surface area contributed by atoms with Gasteiger partial charge in [-0.15, -0.1) is 11.8 Å². The maximum Gasteiger partial charge on any atom is 0.252 e. The van der Waals surface area contributed by atoms with Crippen LogP contribution in [0, 0.1) is 17.8 Å². The van der Waals surface area contributed by atoms with E-state index in [1.165, 1.54) is 31.0 Å². The van der Waals surface area contributed by atoms with Crippen molar-refractivity contribution in [2.45, 2.75) is 55.0 Å². The summed E-state index contributed by atoms with van der Waals surface area (Å²) in [6, 6.07) is 11.3. The maximum absolute atomic E-state index is 13.0. The Kier molecular flexibility index (Phi) is 6.76. The molecule has 6 rings (SSSR count). The molecular formula is C27H35N3O3S. The molecule has 0 unspecified atom stereocenters. The van der Waals surface area contributed by atoms with Gasteiger partial charge in [0.05, 0.1) is 23.6 Å². The summed E-state index contributed by atoms with van der Waals surface area (Å²) in [5.41, 5.74) is 0.628. The van der Waals surface area contributed by atoms with E-state index in [2.05, 4.69) is 10.6 Å². The van der Waals surface area contributed by atoms with E-state index in [-0.39, 0.29) is 23.4 Å². The zero-order chi connectivity index (χ0) is 23.7.